The van der Waals surface area contributed by atoms with Crippen LogP contribution in [-0.2, 0) is 17.8 Å². The van der Waals surface area contributed by atoms with Gasteiger partial charge in [0.25, 0.3) is 0 Å². The second kappa shape index (κ2) is 12.1. The maximum Gasteiger partial charge on any atom is 0.318 e. The van der Waals surface area contributed by atoms with Gasteiger partial charge in [-0.3, -0.25) is 9.78 Å². The number of ether oxygens (including phenoxy) is 1. The van der Waals surface area contributed by atoms with E-state index in [9.17, 15) is 10.1 Å². The summed E-state index contributed by atoms with van der Waals surface area (Å²) in [5, 5.41) is 12.2. The van der Waals surface area contributed by atoms with E-state index in [2.05, 4.69) is 39.4 Å². The maximum atomic E-state index is 12.5. The molecule has 0 radical (unpaired) electrons. The Morgan fingerprint density at radius 2 is 2.10 bits per heavy atom. The molecular formula is C31H35ClN8O2. The van der Waals surface area contributed by atoms with Crippen molar-refractivity contribution in [1.29, 1.82) is 5.26 Å². The van der Waals surface area contributed by atoms with E-state index in [0.717, 1.165) is 53.0 Å². The number of hydrogen-bond donors (Lipinski definition) is 0. The van der Waals surface area contributed by atoms with E-state index >= 15 is 0 Å². The minimum Gasteiger partial charge on any atom is -0.462 e. The molecule has 2 aromatic heterocycles. The highest BCUT2D eigenvalue weighted by atomic mass is 35.5. The van der Waals surface area contributed by atoms with Gasteiger partial charge in [0, 0.05) is 61.3 Å². The molecule has 1 amide bonds. The highest BCUT2D eigenvalue weighted by Gasteiger charge is 2.33. The lowest BCUT2D eigenvalue weighted by molar-refractivity contribution is -0.128. The summed E-state index contributed by atoms with van der Waals surface area (Å²) < 4.78 is 6.16. The molecule has 6 rings (SSSR count). The van der Waals surface area contributed by atoms with Crippen molar-refractivity contribution in [3.63, 3.8) is 0 Å². The quantitative estimate of drug-likeness (QED) is 0.346. The highest BCUT2D eigenvalue weighted by Crippen LogP contribution is 2.37. The largest absolute Gasteiger partial charge is 0.462 e. The van der Waals surface area contributed by atoms with Gasteiger partial charge in [-0.25, -0.2) is 0 Å². The zero-order valence-corrected chi connectivity index (χ0v) is 24.6. The number of aromatic nitrogens is 3. The van der Waals surface area contributed by atoms with Gasteiger partial charge in [0.05, 0.1) is 47.7 Å². The van der Waals surface area contributed by atoms with Crippen LogP contribution in [0.2, 0.25) is 5.02 Å². The molecule has 0 N–H and O–H groups in total. The summed E-state index contributed by atoms with van der Waals surface area (Å²) in [4.78, 5) is 35.3. The van der Waals surface area contributed by atoms with Crippen molar-refractivity contribution in [2.75, 3.05) is 56.2 Å². The van der Waals surface area contributed by atoms with E-state index in [4.69, 9.17) is 26.3 Å². The van der Waals surface area contributed by atoms with Gasteiger partial charge in [0.15, 0.2) is 0 Å². The van der Waals surface area contributed by atoms with E-state index < -0.39 is 0 Å². The van der Waals surface area contributed by atoms with Crippen LogP contribution in [0.4, 0.5) is 11.5 Å². The number of likely N-dealkylation sites (N-methyl/N-ethyl adjacent to an activating group) is 1. The topological polar surface area (TPSA) is 102 Å². The minimum absolute atomic E-state index is 0.151. The molecule has 1 aromatic carbocycles. The van der Waals surface area contributed by atoms with Crippen molar-refractivity contribution in [3.8, 4) is 12.1 Å². The van der Waals surface area contributed by atoms with Crippen LogP contribution in [0.15, 0.2) is 43.2 Å². The molecule has 10 nitrogen and oxygen atoms in total. The molecule has 0 unspecified atom stereocenters. The lowest BCUT2D eigenvalue weighted by Gasteiger charge is -2.42. The fourth-order valence-corrected chi connectivity index (χ4v) is 6.32. The summed E-state index contributed by atoms with van der Waals surface area (Å²) >= 11 is 6.66. The third kappa shape index (κ3) is 5.72. The Balaban J connectivity index is 1.31. The van der Waals surface area contributed by atoms with Crippen LogP contribution in [0, 0.1) is 11.3 Å². The van der Waals surface area contributed by atoms with Crippen molar-refractivity contribution >= 4 is 39.8 Å². The summed E-state index contributed by atoms with van der Waals surface area (Å²) in [5.74, 6) is 0.675. The molecule has 218 valence electrons. The molecule has 2 aliphatic heterocycles. The summed E-state index contributed by atoms with van der Waals surface area (Å²) in [6, 6.07) is 8.87. The average molecular weight is 587 g/mol. The Hall–Kier alpha value is -3.94. The Morgan fingerprint density at radius 1 is 1.24 bits per heavy atom. The number of fused-ring (bicyclic) bond motifs is 2. The van der Waals surface area contributed by atoms with Crippen LogP contribution < -0.4 is 14.5 Å². The summed E-state index contributed by atoms with van der Waals surface area (Å²) in [7, 11) is 2.13. The van der Waals surface area contributed by atoms with E-state index in [1.165, 1.54) is 18.9 Å². The highest BCUT2D eigenvalue weighted by molar-refractivity contribution is 6.36. The Labute approximate surface area is 251 Å². The lowest BCUT2D eigenvalue weighted by Crippen LogP contribution is -2.55. The fourth-order valence-electron chi connectivity index (χ4n) is 6.05. The van der Waals surface area contributed by atoms with Crippen LogP contribution in [0.3, 0.4) is 0 Å². The molecule has 2 fully saturated rings. The number of piperazine rings is 1. The van der Waals surface area contributed by atoms with E-state index in [1.807, 2.05) is 30.6 Å². The smallest absolute Gasteiger partial charge is 0.318 e. The summed E-state index contributed by atoms with van der Waals surface area (Å²) in [5.41, 5.74) is 2.96. The molecule has 0 spiro atoms. The van der Waals surface area contributed by atoms with Gasteiger partial charge in [-0.2, -0.15) is 15.2 Å². The number of anilines is 2. The number of pyridine rings is 1. The van der Waals surface area contributed by atoms with E-state index in [-0.39, 0.29) is 18.4 Å². The van der Waals surface area contributed by atoms with Crippen molar-refractivity contribution in [2.45, 2.75) is 44.3 Å². The van der Waals surface area contributed by atoms with E-state index in [0.29, 0.717) is 49.9 Å². The van der Waals surface area contributed by atoms with Gasteiger partial charge in [-0.1, -0.05) is 30.3 Å². The van der Waals surface area contributed by atoms with Gasteiger partial charge in [0.2, 0.25) is 5.91 Å². The maximum absolute atomic E-state index is 12.5. The molecule has 42 heavy (non-hydrogen) atoms. The monoisotopic (exact) mass is 586 g/mol. The number of nitriles is 1. The average Bonchev–Trinajstić information content (AvgIpc) is 3.86. The standard InChI is InChI=1S/C31H35ClN8O2/c1-3-28(41)40-14-13-39(19-23(40)9-11-33)30-24-10-12-38(27-18-34-17-21-5-4-6-25(32)29(21)27)20-26(24)35-31(36-30)42-16-15-37(2)22-7-8-22/h3-6,17-18,22-23H,1,7-10,12-16,19-20H2,2H3/t23-/m0/s1. The molecule has 3 aliphatic rings. The molecule has 11 heteroatoms. The molecule has 1 saturated carbocycles. The number of carbonyl (C=O) groups is 1. The Morgan fingerprint density at radius 3 is 2.88 bits per heavy atom. The normalized spacial score (nSPS) is 18.6. The van der Waals surface area contributed by atoms with Crippen LogP contribution in [0.1, 0.15) is 30.5 Å². The predicted octanol–water partition coefficient (Wildman–Crippen LogP) is 3.83. The number of benzene rings is 1. The van der Waals surface area contributed by atoms with Crippen LogP contribution in [-0.4, -0.2) is 89.1 Å². The number of rotatable bonds is 9. The number of carbonyl (C=O) groups excluding carboxylic acids is 1. The van der Waals surface area contributed by atoms with Crippen molar-refractivity contribution in [2.24, 2.45) is 0 Å². The van der Waals surface area contributed by atoms with Gasteiger partial charge in [0.1, 0.15) is 12.4 Å². The molecule has 0 bridgehead atoms. The summed E-state index contributed by atoms with van der Waals surface area (Å²) in [6.45, 7) is 7.85. The summed E-state index contributed by atoms with van der Waals surface area (Å²) in [6.07, 6.45) is 8.47. The van der Waals surface area contributed by atoms with Gasteiger partial charge < -0.3 is 24.3 Å². The first-order valence-electron chi connectivity index (χ1n) is 14.5. The second-order valence-corrected chi connectivity index (χ2v) is 11.6. The zero-order chi connectivity index (χ0) is 29.2. The van der Waals surface area contributed by atoms with Crippen LogP contribution in [0.25, 0.3) is 10.8 Å². The molecular weight excluding hydrogens is 552 g/mol. The third-order valence-electron chi connectivity index (χ3n) is 8.49. The molecule has 1 aliphatic carbocycles. The molecule has 3 aromatic rings. The van der Waals surface area contributed by atoms with Gasteiger partial charge >= 0.3 is 6.01 Å². The Kier molecular flexibility index (Phi) is 8.13. The van der Waals surface area contributed by atoms with Gasteiger partial charge in [-0.05, 0) is 38.5 Å². The zero-order valence-electron chi connectivity index (χ0n) is 23.9. The number of hydrogen-bond acceptors (Lipinski definition) is 9. The molecule has 1 atom stereocenters. The Bertz CT molecular complexity index is 1530. The molecule has 4 heterocycles. The van der Waals surface area contributed by atoms with Gasteiger partial charge in [-0.15, -0.1) is 0 Å². The third-order valence-corrected chi connectivity index (χ3v) is 8.80. The van der Waals surface area contributed by atoms with Crippen LogP contribution >= 0.6 is 11.6 Å². The van der Waals surface area contributed by atoms with Crippen molar-refractivity contribution in [1.82, 2.24) is 24.8 Å². The fraction of sp³-hybridized carbons (Fsp3) is 0.452. The SMILES string of the molecule is C=CC(=O)N1CCN(c2nc(OCCN(C)C3CC3)nc3c2CCN(c2cncc4cccc(Cl)c24)C3)C[C@@H]1CC#N. The number of nitrogens with zero attached hydrogens (tertiary/aromatic N) is 8. The first kappa shape index (κ1) is 28.2. The molecule has 1 saturated heterocycles. The first-order valence-corrected chi connectivity index (χ1v) is 14.9. The number of halogens is 1. The second-order valence-electron chi connectivity index (χ2n) is 11.2. The first-order chi connectivity index (χ1) is 20.5. The number of amides is 1. The van der Waals surface area contributed by atoms with Crippen molar-refractivity contribution in [3.05, 3.63) is 59.5 Å². The van der Waals surface area contributed by atoms with Crippen molar-refractivity contribution < 1.29 is 9.53 Å². The lowest BCUT2D eigenvalue weighted by atomic mass is 10.0. The minimum atomic E-state index is -0.250. The van der Waals surface area contributed by atoms with Crippen LogP contribution in [0.5, 0.6) is 6.01 Å². The van der Waals surface area contributed by atoms with E-state index in [1.54, 1.807) is 4.90 Å². The predicted molar refractivity (Wildman–Crippen MR) is 163 cm³/mol.